The Hall–Kier alpha value is -1.58. The molecule has 0 unspecified atom stereocenters. The van der Waals surface area contributed by atoms with Crippen LogP contribution in [0.1, 0.15) is 50.5 Å². The van der Waals surface area contributed by atoms with Gasteiger partial charge in [0.25, 0.3) is 12.4 Å². The van der Waals surface area contributed by atoms with Gasteiger partial charge in [-0.2, -0.15) is 0 Å². The number of carbonyl (C=O) groups is 1. The Morgan fingerprint density at radius 1 is 1.04 bits per heavy atom. The molecule has 0 radical (unpaired) electrons. The highest BCUT2D eigenvalue weighted by Crippen LogP contribution is 2.37. The van der Waals surface area contributed by atoms with Crippen LogP contribution in [0.3, 0.4) is 0 Å². The summed E-state index contributed by atoms with van der Waals surface area (Å²) in [5.41, 5.74) is 1.28. The van der Waals surface area contributed by atoms with Crippen LogP contribution >= 0.6 is 12.4 Å². The van der Waals surface area contributed by atoms with Crippen molar-refractivity contribution in [3.63, 3.8) is 0 Å². The molecule has 3 nitrogen and oxygen atoms in total. The predicted octanol–water partition coefficient (Wildman–Crippen LogP) is -10.2. The SMILES string of the molecule is CCCOc1ccc(C2CCC(C(=O)OSF)CC2)cc1.[F-].[F-].[F-].[F-].[F-]. The van der Waals surface area contributed by atoms with Crippen molar-refractivity contribution < 1.29 is 41.1 Å². The van der Waals surface area contributed by atoms with Crippen LogP contribution in [-0.2, 0) is 8.98 Å². The second kappa shape index (κ2) is 16.9. The third kappa shape index (κ3) is 9.21. The maximum atomic E-state index is 11.9. The maximum Gasteiger partial charge on any atom is 0.323 e. The number of hydrogen-bond donors (Lipinski definition) is 0. The lowest BCUT2D eigenvalue weighted by Crippen LogP contribution is -3.00. The Labute approximate surface area is 153 Å². The van der Waals surface area contributed by atoms with Gasteiger partial charge in [-0.15, -0.1) is 3.89 Å². The van der Waals surface area contributed by atoms with Crippen LogP contribution in [0.4, 0.5) is 3.89 Å². The molecule has 1 aliphatic carbocycles. The summed E-state index contributed by atoms with van der Waals surface area (Å²) in [5.74, 6) is 0.783. The second-order valence-electron chi connectivity index (χ2n) is 5.43. The van der Waals surface area contributed by atoms with Crippen LogP contribution in [0, 0.1) is 5.92 Å². The highest BCUT2D eigenvalue weighted by molar-refractivity contribution is 7.89. The average Bonchev–Trinajstić information content (AvgIpc) is 2.54. The van der Waals surface area contributed by atoms with Gasteiger partial charge in [-0.25, -0.2) is 0 Å². The molecule has 0 saturated heterocycles. The second-order valence-corrected chi connectivity index (χ2v) is 5.72. The molecule has 156 valence electrons. The summed E-state index contributed by atoms with van der Waals surface area (Å²) in [6.07, 6.45) is 4.40. The average molecular weight is 407 g/mol. The summed E-state index contributed by atoms with van der Waals surface area (Å²) < 4.78 is 21.9. The van der Waals surface area contributed by atoms with Crippen LogP contribution in [0.5, 0.6) is 5.75 Å². The van der Waals surface area contributed by atoms with Crippen molar-refractivity contribution >= 4 is 18.4 Å². The first-order valence-corrected chi connectivity index (χ1v) is 8.10. The van der Waals surface area contributed by atoms with Gasteiger partial charge in [-0.05, 0) is 55.7 Å². The Morgan fingerprint density at radius 3 is 2.04 bits per heavy atom. The quantitative estimate of drug-likeness (QED) is 0.347. The van der Waals surface area contributed by atoms with Crippen molar-refractivity contribution in [2.45, 2.75) is 44.9 Å². The molecular formula is C16H21F6O3S-5. The molecule has 0 aliphatic heterocycles. The van der Waals surface area contributed by atoms with E-state index in [0.29, 0.717) is 5.92 Å². The van der Waals surface area contributed by atoms with Gasteiger partial charge in [-0.3, -0.25) is 4.79 Å². The van der Waals surface area contributed by atoms with Gasteiger partial charge < -0.3 is 32.4 Å². The number of benzene rings is 1. The first-order valence-electron chi connectivity index (χ1n) is 7.46. The lowest BCUT2D eigenvalue weighted by atomic mass is 9.79. The first-order chi connectivity index (χ1) is 10.2. The molecule has 26 heavy (non-hydrogen) atoms. The highest BCUT2D eigenvalue weighted by atomic mass is 32.2. The smallest absolute Gasteiger partial charge is 0.323 e. The maximum absolute atomic E-state index is 11.9. The van der Waals surface area contributed by atoms with E-state index in [2.05, 4.69) is 23.2 Å². The van der Waals surface area contributed by atoms with Crippen molar-refractivity contribution in [2.24, 2.45) is 5.92 Å². The fourth-order valence-electron chi connectivity index (χ4n) is 2.82. The zero-order chi connectivity index (χ0) is 15.1. The fourth-order valence-corrected chi connectivity index (χ4v) is 3.02. The summed E-state index contributed by atoms with van der Waals surface area (Å²) in [4.78, 5) is 11.5. The van der Waals surface area contributed by atoms with E-state index in [9.17, 15) is 8.68 Å². The predicted molar refractivity (Wildman–Crippen MR) is 81.7 cm³/mol. The summed E-state index contributed by atoms with van der Waals surface area (Å²) in [5, 5.41) is 0. The van der Waals surface area contributed by atoms with Crippen molar-refractivity contribution in [1.82, 2.24) is 0 Å². The van der Waals surface area contributed by atoms with Gasteiger partial charge in [0.2, 0.25) is 0 Å². The topological polar surface area (TPSA) is 35.5 Å². The van der Waals surface area contributed by atoms with Crippen LogP contribution < -0.4 is 28.3 Å². The standard InChI is InChI=1S/C16H21FO3S.5FH/c1-2-11-19-15-9-7-13(8-10-15)12-3-5-14(6-4-12)16(18)20-21-17;;;;;/h7-10,12,14H,2-6,11H2,1H3;5*1H/p-5. The van der Waals surface area contributed by atoms with Crippen LogP contribution in [0.15, 0.2) is 24.3 Å². The van der Waals surface area contributed by atoms with Gasteiger partial charge in [0.05, 0.1) is 12.5 Å². The number of ether oxygens (including phenoxy) is 1. The molecule has 0 bridgehead atoms. The Bertz CT molecular complexity index is 456. The van der Waals surface area contributed by atoms with Crippen LogP contribution in [0.25, 0.3) is 0 Å². The molecule has 0 N–H and O–H groups in total. The Balaban J connectivity index is -0.000000484. The van der Waals surface area contributed by atoms with Crippen molar-refractivity contribution in [2.75, 3.05) is 6.61 Å². The third-order valence-electron chi connectivity index (χ3n) is 4.00. The van der Waals surface area contributed by atoms with Crippen LogP contribution in [0.2, 0.25) is 0 Å². The van der Waals surface area contributed by atoms with E-state index in [4.69, 9.17) is 4.74 Å². The zero-order valence-corrected chi connectivity index (χ0v) is 14.9. The van der Waals surface area contributed by atoms with Crippen molar-refractivity contribution in [3.05, 3.63) is 29.8 Å². The lowest BCUT2D eigenvalue weighted by Gasteiger charge is -2.27. The van der Waals surface area contributed by atoms with E-state index in [1.165, 1.54) is 5.56 Å². The molecule has 2 rings (SSSR count). The monoisotopic (exact) mass is 407 g/mol. The van der Waals surface area contributed by atoms with E-state index in [1.807, 2.05) is 12.1 Å². The van der Waals surface area contributed by atoms with Gasteiger partial charge in [-0.1, -0.05) is 19.1 Å². The minimum atomic E-state index is -0.427. The minimum absolute atomic E-state index is 0. The fraction of sp³-hybridized carbons (Fsp3) is 0.562. The van der Waals surface area contributed by atoms with Gasteiger partial charge >= 0.3 is 5.97 Å². The summed E-state index contributed by atoms with van der Waals surface area (Å²) in [6.45, 7) is 2.82. The lowest BCUT2D eigenvalue weighted by molar-refractivity contribution is -0.138. The van der Waals surface area contributed by atoms with Gasteiger partial charge in [0.15, 0.2) is 0 Å². The van der Waals surface area contributed by atoms with Crippen molar-refractivity contribution in [1.29, 1.82) is 0 Å². The molecule has 1 aliphatic rings. The molecule has 1 fully saturated rings. The first kappa shape index (κ1) is 32.1. The van der Waals surface area contributed by atoms with E-state index in [-0.39, 0.29) is 41.9 Å². The number of hydrogen-bond acceptors (Lipinski definition) is 4. The van der Waals surface area contributed by atoms with Crippen molar-refractivity contribution in [3.8, 4) is 5.75 Å². The van der Waals surface area contributed by atoms with E-state index >= 15 is 0 Å². The summed E-state index contributed by atoms with van der Waals surface area (Å²) in [6, 6.07) is 8.22. The molecule has 0 aromatic heterocycles. The van der Waals surface area contributed by atoms with E-state index in [1.54, 1.807) is 0 Å². The molecule has 1 aromatic carbocycles. The molecular weight excluding hydrogens is 386 g/mol. The number of halogens is 6. The number of rotatable bonds is 6. The zero-order valence-electron chi connectivity index (χ0n) is 14.1. The Morgan fingerprint density at radius 2 is 1.58 bits per heavy atom. The minimum Gasteiger partial charge on any atom is -1.00 e. The van der Waals surface area contributed by atoms with Crippen LogP contribution in [-0.4, -0.2) is 12.6 Å². The molecule has 1 aromatic rings. The van der Waals surface area contributed by atoms with E-state index in [0.717, 1.165) is 44.5 Å². The highest BCUT2D eigenvalue weighted by Gasteiger charge is 2.28. The molecule has 0 amide bonds. The molecule has 0 atom stereocenters. The number of carbonyl (C=O) groups excluding carboxylic acids is 1. The molecule has 10 heteroatoms. The summed E-state index contributed by atoms with van der Waals surface area (Å²) >= 11 is -0.355. The molecule has 1 saturated carbocycles. The van der Waals surface area contributed by atoms with E-state index < -0.39 is 5.97 Å². The van der Waals surface area contributed by atoms with Gasteiger partial charge in [0.1, 0.15) is 5.75 Å². The molecule has 0 spiro atoms. The third-order valence-corrected chi connectivity index (χ3v) is 4.23. The molecule has 0 heterocycles. The van der Waals surface area contributed by atoms with Gasteiger partial charge in [0, 0.05) is 0 Å². The largest absolute Gasteiger partial charge is 1.00 e. The summed E-state index contributed by atoms with van der Waals surface area (Å²) in [7, 11) is 0. The Kier molecular flexibility index (Phi) is 20.8. The normalized spacial score (nSPS) is 17.6.